The van der Waals surface area contributed by atoms with Gasteiger partial charge in [-0.15, -0.1) is 10.2 Å². The molecule has 6 nitrogen and oxygen atoms in total. The van der Waals surface area contributed by atoms with E-state index in [0.717, 1.165) is 31.8 Å². The van der Waals surface area contributed by atoms with Crippen molar-refractivity contribution in [3.63, 3.8) is 0 Å². The zero-order valence-corrected chi connectivity index (χ0v) is 11.2. The van der Waals surface area contributed by atoms with Gasteiger partial charge in [0.1, 0.15) is 12.2 Å². The molecule has 1 amide bonds. The summed E-state index contributed by atoms with van der Waals surface area (Å²) in [7, 11) is 3.85. The Balaban J connectivity index is 1.81. The molecule has 0 radical (unpaired) electrons. The van der Waals surface area contributed by atoms with E-state index in [0.29, 0.717) is 13.1 Å². The quantitative estimate of drug-likeness (QED) is 0.770. The first-order valence-corrected chi connectivity index (χ1v) is 6.46. The van der Waals surface area contributed by atoms with Gasteiger partial charge in [-0.3, -0.25) is 9.69 Å². The summed E-state index contributed by atoms with van der Waals surface area (Å²) in [6.45, 7) is 2.93. The summed E-state index contributed by atoms with van der Waals surface area (Å²) >= 11 is 0. The number of carbonyl (C=O) groups is 1. The molecular weight excluding hydrogens is 230 g/mol. The number of piperidine rings is 1. The monoisotopic (exact) mass is 251 g/mol. The highest BCUT2D eigenvalue weighted by Gasteiger charge is 2.18. The van der Waals surface area contributed by atoms with E-state index in [4.69, 9.17) is 0 Å². The Hall–Kier alpha value is -1.43. The van der Waals surface area contributed by atoms with E-state index >= 15 is 0 Å². The van der Waals surface area contributed by atoms with Gasteiger partial charge in [-0.05, 0) is 26.3 Å². The Labute approximate surface area is 108 Å². The zero-order chi connectivity index (χ0) is 13.0. The van der Waals surface area contributed by atoms with Crippen LogP contribution in [0.2, 0.25) is 0 Å². The minimum absolute atomic E-state index is 0.222. The maximum atomic E-state index is 12.1. The summed E-state index contributed by atoms with van der Waals surface area (Å²) < 4.78 is 1.88. The molecule has 2 heterocycles. The Bertz CT molecular complexity index is 397. The number of nitrogens with zero attached hydrogens (tertiary/aromatic N) is 5. The third-order valence-electron chi connectivity index (χ3n) is 3.33. The maximum Gasteiger partial charge on any atom is 0.236 e. The fourth-order valence-corrected chi connectivity index (χ4v) is 2.22. The van der Waals surface area contributed by atoms with E-state index in [-0.39, 0.29) is 5.91 Å². The number of likely N-dealkylation sites (N-methyl/N-ethyl adjacent to an activating group) is 1. The van der Waals surface area contributed by atoms with Crippen molar-refractivity contribution < 1.29 is 4.79 Å². The van der Waals surface area contributed by atoms with E-state index in [1.165, 1.54) is 6.42 Å². The van der Waals surface area contributed by atoms with Gasteiger partial charge in [-0.2, -0.15) is 0 Å². The van der Waals surface area contributed by atoms with Crippen LogP contribution in [0.15, 0.2) is 6.33 Å². The van der Waals surface area contributed by atoms with Crippen molar-refractivity contribution in [2.24, 2.45) is 7.05 Å². The van der Waals surface area contributed by atoms with E-state index in [1.807, 2.05) is 28.5 Å². The van der Waals surface area contributed by atoms with Crippen molar-refractivity contribution in [3.8, 4) is 0 Å². The third-order valence-corrected chi connectivity index (χ3v) is 3.33. The van der Waals surface area contributed by atoms with Crippen molar-refractivity contribution in [1.29, 1.82) is 0 Å². The van der Waals surface area contributed by atoms with Crippen LogP contribution in [-0.2, 0) is 18.4 Å². The van der Waals surface area contributed by atoms with Crippen LogP contribution in [-0.4, -0.2) is 57.2 Å². The molecule has 1 fully saturated rings. The highest BCUT2D eigenvalue weighted by Crippen LogP contribution is 2.09. The second-order valence-electron chi connectivity index (χ2n) is 4.97. The lowest BCUT2D eigenvalue weighted by atomic mass is 10.1. The number of aryl methyl sites for hydroxylation is 1. The SMILES string of the molecule is CN(CC(=O)N1CCCCC1)Cc1nncn1C. The Morgan fingerprint density at radius 3 is 2.72 bits per heavy atom. The smallest absolute Gasteiger partial charge is 0.236 e. The molecule has 1 aliphatic heterocycles. The number of likely N-dealkylation sites (tertiary alicyclic amines) is 1. The Morgan fingerprint density at radius 2 is 2.11 bits per heavy atom. The van der Waals surface area contributed by atoms with E-state index < -0.39 is 0 Å². The summed E-state index contributed by atoms with van der Waals surface area (Å²) in [5, 5.41) is 7.86. The van der Waals surface area contributed by atoms with Crippen LogP contribution < -0.4 is 0 Å². The van der Waals surface area contributed by atoms with Gasteiger partial charge in [0, 0.05) is 20.1 Å². The van der Waals surface area contributed by atoms with Gasteiger partial charge in [-0.25, -0.2) is 0 Å². The lowest BCUT2D eigenvalue weighted by molar-refractivity contribution is -0.133. The molecule has 0 bridgehead atoms. The summed E-state index contributed by atoms with van der Waals surface area (Å²) in [4.78, 5) is 16.0. The predicted octanol–water partition coefficient (Wildman–Crippen LogP) is 0.259. The van der Waals surface area contributed by atoms with Gasteiger partial charge in [0.05, 0.1) is 13.1 Å². The largest absolute Gasteiger partial charge is 0.342 e. The number of amides is 1. The fraction of sp³-hybridized carbons (Fsp3) is 0.750. The molecule has 2 rings (SSSR count). The van der Waals surface area contributed by atoms with Crippen molar-refractivity contribution in [2.75, 3.05) is 26.7 Å². The molecular formula is C12H21N5O. The molecule has 0 aromatic carbocycles. The van der Waals surface area contributed by atoms with Crippen LogP contribution >= 0.6 is 0 Å². The molecule has 0 saturated carbocycles. The van der Waals surface area contributed by atoms with Crippen LogP contribution in [0.3, 0.4) is 0 Å². The average Bonchev–Trinajstić information content (AvgIpc) is 2.76. The summed E-state index contributed by atoms with van der Waals surface area (Å²) in [5.41, 5.74) is 0. The Morgan fingerprint density at radius 1 is 1.39 bits per heavy atom. The van der Waals surface area contributed by atoms with E-state index in [2.05, 4.69) is 10.2 Å². The summed E-state index contributed by atoms with van der Waals surface area (Å²) in [6.07, 6.45) is 5.20. The molecule has 0 N–H and O–H groups in total. The highest BCUT2D eigenvalue weighted by atomic mass is 16.2. The fourth-order valence-electron chi connectivity index (χ4n) is 2.22. The number of hydrogen-bond acceptors (Lipinski definition) is 4. The molecule has 6 heteroatoms. The molecule has 0 spiro atoms. The summed E-state index contributed by atoms with van der Waals surface area (Å²) in [5.74, 6) is 1.10. The zero-order valence-electron chi connectivity index (χ0n) is 11.2. The van der Waals surface area contributed by atoms with Gasteiger partial charge in [0.15, 0.2) is 0 Å². The molecule has 100 valence electrons. The van der Waals surface area contributed by atoms with Crippen LogP contribution in [0.4, 0.5) is 0 Å². The highest BCUT2D eigenvalue weighted by molar-refractivity contribution is 5.78. The van der Waals surface area contributed by atoms with Crippen LogP contribution in [0, 0.1) is 0 Å². The molecule has 1 aliphatic rings. The van der Waals surface area contributed by atoms with Crippen molar-refractivity contribution in [3.05, 3.63) is 12.2 Å². The minimum Gasteiger partial charge on any atom is -0.342 e. The molecule has 1 aromatic heterocycles. The maximum absolute atomic E-state index is 12.1. The topological polar surface area (TPSA) is 54.3 Å². The van der Waals surface area contributed by atoms with E-state index in [1.54, 1.807) is 6.33 Å². The van der Waals surface area contributed by atoms with Gasteiger partial charge < -0.3 is 9.47 Å². The molecule has 1 aromatic rings. The number of aromatic nitrogens is 3. The van der Waals surface area contributed by atoms with Crippen molar-refractivity contribution in [2.45, 2.75) is 25.8 Å². The number of carbonyl (C=O) groups excluding carboxylic acids is 1. The average molecular weight is 251 g/mol. The third kappa shape index (κ3) is 3.29. The summed E-state index contributed by atoms with van der Waals surface area (Å²) in [6, 6.07) is 0. The molecule has 1 saturated heterocycles. The Kier molecular flexibility index (Phi) is 4.30. The number of rotatable bonds is 4. The van der Waals surface area contributed by atoms with Crippen LogP contribution in [0.25, 0.3) is 0 Å². The van der Waals surface area contributed by atoms with Gasteiger partial charge in [0.25, 0.3) is 0 Å². The first kappa shape index (κ1) is 13.0. The van der Waals surface area contributed by atoms with Gasteiger partial charge >= 0.3 is 0 Å². The molecule has 18 heavy (non-hydrogen) atoms. The van der Waals surface area contributed by atoms with Crippen LogP contribution in [0.1, 0.15) is 25.1 Å². The molecule has 0 aliphatic carbocycles. The molecule has 0 unspecified atom stereocenters. The lowest BCUT2D eigenvalue weighted by Crippen LogP contribution is -2.41. The normalized spacial score (nSPS) is 16.3. The first-order chi connectivity index (χ1) is 8.66. The van der Waals surface area contributed by atoms with Gasteiger partial charge in [0.2, 0.25) is 5.91 Å². The standard InChI is InChI=1S/C12H21N5O/c1-15(8-11-14-13-10-16(11)2)9-12(18)17-6-4-3-5-7-17/h10H,3-9H2,1-2H3. The number of hydrogen-bond donors (Lipinski definition) is 0. The van der Waals surface area contributed by atoms with Crippen molar-refractivity contribution >= 4 is 5.91 Å². The lowest BCUT2D eigenvalue weighted by Gasteiger charge is -2.28. The van der Waals surface area contributed by atoms with Gasteiger partial charge in [-0.1, -0.05) is 0 Å². The van der Waals surface area contributed by atoms with Crippen LogP contribution in [0.5, 0.6) is 0 Å². The van der Waals surface area contributed by atoms with Crippen molar-refractivity contribution in [1.82, 2.24) is 24.6 Å². The second kappa shape index (κ2) is 5.95. The second-order valence-corrected chi connectivity index (χ2v) is 4.97. The minimum atomic E-state index is 0.222. The first-order valence-electron chi connectivity index (χ1n) is 6.46. The van der Waals surface area contributed by atoms with E-state index in [9.17, 15) is 4.79 Å². The predicted molar refractivity (Wildman–Crippen MR) is 67.8 cm³/mol. The molecule has 0 atom stereocenters.